The third-order valence-corrected chi connectivity index (χ3v) is 5.82. The minimum Gasteiger partial charge on any atom is -0.507 e. The second kappa shape index (κ2) is 4.87. The third kappa shape index (κ3) is 2.33. The van der Waals surface area contributed by atoms with Crippen LogP contribution in [0.2, 0.25) is 0 Å². The maximum atomic E-state index is 11.2. The molecule has 0 fully saturated rings. The molecule has 21 heavy (non-hydrogen) atoms. The highest BCUT2D eigenvalue weighted by atomic mass is 32.2. The number of hydrogen-bond acceptors (Lipinski definition) is 7. The molecule has 7 heteroatoms. The molecule has 0 atom stereocenters. The van der Waals surface area contributed by atoms with E-state index in [0.29, 0.717) is 15.2 Å². The summed E-state index contributed by atoms with van der Waals surface area (Å²) in [6.07, 6.45) is 0. The molecule has 0 aliphatic heterocycles. The average Bonchev–Trinajstić information content (AvgIpc) is 3.00. The first-order chi connectivity index (χ1) is 10.2. The molecule has 0 radical (unpaired) electrons. The molecule has 104 valence electrons. The van der Waals surface area contributed by atoms with Gasteiger partial charge in [0.25, 0.3) is 0 Å². The largest absolute Gasteiger partial charge is 0.507 e. The average molecular weight is 333 g/mol. The molecule has 0 aliphatic carbocycles. The van der Waals surface area contributed by atoms with Gasteiger partial charge in [0.1, 0.15) is 5.75 Å². The van der Waals surface area contributed by atoms with Gasteiger partial charge in [-0.3, -0.25) is 0 Å². The van der Waals surface area contributed by atoms with E-state index in [1.165, 1.54) is 11.8 Å². The lowest BCUT2D eigenvalue weighted by molar-refractivity contribution is 0.462. The maximum absolute atomic E-state index is 11.2. The van der Waals surface area contributed by atoms with Gasteiger partial charge >= 0.3 is 4.94 Å². The Hall–Kier alpha value is -1.83. The summed E-state index contributed by atoms with van der Waals surface area (Å²) >= 11 is 3.91. The van der Waals surface area contributed by atoms with E-state index in [0.717, 1.165) is 25.9 Å². The number of rotatable bonds is 2. The van der Waals surface area contributed by atoms with Gasteiger partial charge in [0.05, 0.1) is 19.8 Å². The fraction of sp³-hybridized carbons (Fsp3) is 0. The van der Waals surface area contributed by atoms with Crippen molar-refractivity contribution in [2.45, 2.75) is 9.24 Å². The van der Waals surface area contributed by atoms with Crippen LogP contribution in [0.25, 0.3) is 20.5 Å². The van der Waals surface area contributed by atoms with Crippen molar-refractivity contribution in [3.05, 3.63) is 46.1 Å². The van der Waals surface area contributed by atoms with E-state index in [4.69, 9.17) is 4.42 Å². The number of nitrogens with zero attached hydrogens (tertiary/aromatic N) is 1. The summed E-state index contributed by atoms with van der Waals surface area (Å²) in [7, 11) is 0. The van der Waals surface area contributed by atoms with Crippen LogP contribution in [0.5, 0.6) is 5.75 Å². The first-order valence-electron chi connectivity index (χ1n) is 5.99. The van der Waals surface area contributed by atoms with Crippen LogP contribution in [0.15, 0.2) is 54.8 Å². The summed E-state index contributed by atoms with van der Waals surface area (Å²) in [6, 6.07) is 11.1. The SMILES string of the molecule is O=c1oc2cc(Sc3nc4ccccc4s3)c(O)cc2s1. The van der Waals surface area contributed by atoms with E-state index in [2.05, 4.69) is 4.98 Å². The molecule has 1 N–H and O–H groups in total. The van der Waals surface area contributed by atoms with Crippen LogP contribution in [0.1, 0.15) is 0 Å². The first kappa shape index (κ1) is 12.9. The number of para-hydroxylation sites is 1. The third-order valence-electron chi connectivity index (χ3n) is 2.88. The minimum absolute atomic E-state index is 0.129. The van der Waals surface area contributed by atoms with Crippen LogP contribution in [0, 0.1) is 0 Å². The lowest BCUT2D eigenvalue weighted by atomic mass is 10.3. The van der Waals surface area contributed by atoms with Crippen LogP contribution in [-0.4, -0.2) is 10.1 Å². The van der Waals surface area contributed by atoms with Crippen LogP contribution in [0.4, 0.5) is 0 Å². The molecule has 4 rings (SSSR count). The number of phenolic OH excluding ortho intramolecular Hbond substituents is 1. The van der Waals surface area contributed by atoms with Crippen LogP contribution in [-0.2, 0) is 0 Å². The van der Waals surface area contributed by atoms with Crippen molar-refractivity contribution >= 4 is 54.9 Å². The summed E-state index contributed by atoms with van der Waals surface area (Å²) < 4.78 is 7.66. The summed E-state index contributed by atoms with van der Waals surface area (Å²) in [5.74, 6) is 0.129. The molecule has 0 amide bonds. The van der Waals surface area contributed by atoms with E-state index in [-0.39, 0.29) is 10.7 Å². The highest BCUT2D eigenvalue weighted by molar-refractivity contribution is 8.01. The predicted molar refractivity (Wildman–Crippen MR) is 85.8 cm³/mol. The van der Waals surface area contributed by atoms with E-state index in [9.17, 15) is 9.90 Å². The number of fused-ring (bicyclic) bond motifs is 2. The van der Waals surface area contributed by atoms with E-state index >= 15 is 0 Å². The van der Waals surface area contributed by atoms with Crippen molar-refractivity contribution in [2.75, 3.05) is 0 Å². The van der Waals surface area contributed by atoms with Gasteiger partial charge in [0.2, 0.25) is 0 Å². The van der Waals surface area contributed by atoms with E-state index < -0.39 is 0 Å². The maximum Gasteiger partial charge on any atom is 0.396 e. The summed E-state index contributed by atoms with van der Waals surface area (Å²) in [6.45, 7) is 0. The van der Waals surface area contributed by atoms with Gasteiger partial charge in [0, 0.05) is 12.1 Å². The Kier molecular flexibility index (Phi) is 2.99. The Balaban J connectivity index is 1.78. The van der Waals surface area contributed by atoms with Crippen molar-refractivity contribution in [3.8, 4) is 5.75 Å². The molecule has 0 spiro atoms. The van der Waals surface area contributed by atoms with Gasteiger partial charge < -0.3 is 9.52 Å². The van der Waals surface area contributed by atoms with Gasteiger partial charge in [-0.25, -0.2) is 9.78 Å². The molecular weight excluding hydrogens is 326 g/mol. The molecule has 2 aromatic carbocycles. The fourth-order valence-corrected chi connectivity index (χ4v) is 4.71. The van der Waals surface area contributed by atoms with Crippen molar-refractivity contribution in [3.63, 3.8) is 0 Å². The number of hydrogen-bond donors (Lipinski definition) is 1. The molecule has 4 aromatic rings. The lowest BCUT2D eigenvalue weighted by Gasteiger charge is -2.00. The Morgan fingerprint density at radius 2 is 2.00 bits per heavy atom. The number of aromatic nitrogens is 1. The second-order valence-electron chi connectivity index (χ2n) is 4.27. The minimum atomic E-state index is -0.369. The summed E-state index contributed by atoms with van der Waals surface area (Å²) in [5, 5.41) is 10.1. The Labute approximate surface area is 130 Å². The molecule has 0 bridgehead atoms. The van der Waals surface area contributed by atoms with Crippen molar-refractivity contribution in [2.24, 2.45) is 0 Å². The zero-order valence-electron chi connectivity index (χ0n) is 10.4. The molecule has 2 heterocycles. The number of phenols is 1. The molecular formula is C14H7NO3S3. The van der Waals surface area contributed by atoms with Gasteiger partial charge in [-0.05, 0) is 12.1 Å². The van der Waals surface area contributed by atoms with Gasteiger partial charge in [0.15, 0.2) is 9.92 Å². The highest BCUT2D eigenvalue weighted by Crippen LogP contribution is 2.40. The normalized spacial score (nSPS) is 11.4. The van der Waals surface area contributed by atoms with Crippen LogP contribution in [0.3, 0.4) is 0 Å². The zero-order valence-corrected chi connectivity index (χ0v) is 12.8. The molecule has 0 unspecified atom stereocenters. The van der Waals surface area contributed by atoms with Crippen LogP contribution >= 0.6 is 34.4 Å². The topological polar surface area (TPSA) is 63.3 Å². The summed E-state index contributed by atoms with van der Waals surface area (Å²) in [4.78, 5) is 16.0. The van der Waals surface area contributed by atoms with Crippen LogP contribution < -0.4 is 4.94 Å². The predicted octanol–water partition coefficient (Wildman–Crippen LogP) is 4.32. The standard InChI is InChI=1S/C14H7NO3S3/c16-8-5-12-9(18-14(17)21-12)6-11(8)20-13-15-7-3-1-2-4-10(7)19-13/h1-6,16H. The fourth-order valence-electron chi connectivity index (χ4n) is 1.96. The quantitative estimate of drug-likeness (QED) is 0.592. The highest BCUT2D eigenvalue weighted by Gasteiger charge is 2.12. The van der Waals surface area contributed by atoms with Crippen molar-refractivity contribution < 1.29 is 9.52 Å². The number of aromatic hydroxyl groups is 1. The van der Waals surface area contributed by atoms with E-state index in [1.54, 1.807) is 23.5 Å². The molecule has 4 nitrogen and oxygen atoms in total. The summed E-state index contributed by atoms with van der Waals surface area (Å²) in [5.41, 5.74) is 1.43. The Morgan fingerprint density at radius 1 is 1.14 bits per heavy atom. The molecule has 0 saturated heterocycles. The smallest absolute Gasteiger partial charge is 0.396 e. The van der Waals surface area contributed by atoms with Crippen molar-refractivity contribution in [1.29, 1.82) is 0 Å². The Morgan fingerprint density at radius 3 is 2.86 bits per heavy atom. The first-order valence-corrected chi connectivity index (χ1v) is 8.44. The van der Waals surface area contributed by atoms with Gasteiger partial charge in [-0.2, -0.15) is 0 Å². The number of benzene rings is 2. The Bertz CT molecular complexity index is 982. The van der Waals surface area contributed by atoms with E-state index in [1.807, 2.05) is 24.3 Å². The van der Waals surface area contributed by atoms with Gasteiger partial charge in [-0.1, -0.05) is 35.2 Å². The van der Waals surface area contributed by atoms with Gasteiger partial charge in [-0.15, -0.1) is 11.3 Å². The lowest BCUT2D eigenvalue weighted by Crippen LogP contribution is -1.79. The second-order valence-corrected chi connectivity index (χ2v) is 7.57. The number of thiazole rings is 1. The molecule has 2 aromatic heterocycles. The molecule has 0 saturated carbocycles. The molecule has 0 aliphatic rings. The monoisotopic (exact) mass is 333 g/mol. The van der Waals surface area contributed by atoms with Crippen molar-refractivity contribution in [1.82, 2.24) is 4.98 Å². The zero-order chi connectivity index (χ0) is 14.4.